The van der Waals surface area contributed by atoms with Crippen LogP contribution in [0.4, 0.5) is 5.69 Å². The number of hydrogen-bond donors (Lipinski definition) is 2. The first-order chi connectivity index (χ1) is 14.5. The number of aromatic nitrogens is 2. The number of benzene rings is 2. The molecule has 0 radical (unpaired) electrons. The molecule has 0 aliphatic carbocycles. The van der Waals surface area contributed by atoms with E-state index < -0.39 is 0 Å². The summed E-state index contributed by atoms with van der Waals surface area (Å²) in [6.45, 7) is 5.41. The molecule has 1 fully saturated rings. The predicted molar refractivity (Wildman–Crippen MR) is 118 cm³/mol. The van der Waals surface area contributed by atoms with E-state index in [2.05, 4.69) is 34.8 Å². The molecule has 0 spiro atoms. The van der Waals surface area contributed by atoms with Crippen LogP contribution < -0.4 is 10.6 Å². The Morgan fingerprint density at radius 3 is 2.53 bits per heavy atom. The Hall–Kier alpha value is -3.25. The van der Waals surface area contributed by atoms with Crippen molar-refractivity contribution in [3.63, 3.8) is 0 Å². The van der Waals surface area contributed by atoms with Gasteiger partial charge in [-0.1, -0.05) is 29.8 Å². The molecule has 6 nitrogen and oxygen atoms in total. The number of piperidine rings is 1. The fourth-order valence-electron chi connectivity index (χ4n) is 3.93. The minimum absolute atomic E-state index is 0.0336. The second-order valence-corrected chi connectivity index (χ2v) is 7.81. The van der Waals surface area contributed by atoms with Crippen LogP contribution in [0.2, 0.25) is 0 Å². The molecule has 1 aliphatic heterocycles. The van der Waals surface area contributed by atoms with Crippen molar-refractivity contribution in [1.82, 2.24) is 15.1 Å². The summed E-state index contributed by atoms with van der Waals surface area (Å²) in [5, 5.41) is 10.9. The van der Waals surface area contributed by atoms with Crippen LogP contribution in [0.25, 0.3) is 5.69 Å². The van der Waals surface area contributed by atoms with Gasteiger partial charge in [0.05, 0.1) is 23.1 Å². The number of nitrogens with one attached hydrogen (secondary N) is 2. The molecule has 0 unspecified atom stereocenters. The van der Waals surface area contributed by atoms with Crippen LogP contribution >= 0.6 is 0 Å². The van der Waals surface area contributed by atoms with Crippen LogP contribution in [-0.4, -0.2) is 34.6 Å². The fraction of sp³-hybridized carbons (Fsp3) is 0.292. The zero-order valence-corrected chi connectivity index (χ0v) is 17.3. The van der Waals surface area contributed by atoms with Gasteiger partial charge in [-0.2, -0.15) is 5.10 Å². The number of nitrogens with zero attached hydrogens (tertiary/aromatic N) is 2. The smallest absolute Gasteiger partial charge is 0.259 e. The van der Waals surface area contributed by atoms with Gasteiger partial charge >= 0.3 is 0 Å². The van der Waals surface area contributed by atoms with E-state index in [9.17, 15) is 9.59 Å². The maximum Gasteiger partial charge on any atom is 0.259 e. The topological polar surface area (TPSA) is 76.0 Å². The maximum atomic E-state index is 13.2. The highest BCUT2D eigenvalue weighted by Gasteiger charge is 2.27. The number of carbonyl (C=O) groups is 2. The van der Waals surface area contributed by atoms with E-state index in [-0.39, 0.29) is 17.6 Å². The van der Waals surface area contributed by atoms with Gasteiger partial charge < -0.3 is 10.6 Å². The predicted octanol–water partition coefficient (Wildman–Crippen LogP) is 4.10. The summed E-state index contributed by atoms with van der Waals surface area (Å²) < 4.78 is 1.90. The average Bonchev–Trinajstić information content (AvgIpc) is 3.20. The van der Waals surface area contributed by atoms with Crippen LogP contribution in [0.15, 0.2) is 54.7 Å². The lowest BCUT2D eigenvalue weighted by Crippen LogP contribution is -2.29. The Kier molecular flexibility index (Phi) is 5.77. The van der Waals surface area contributed by atoms with Crippen molar-refractivity contribution in [2.45, 2.75) is 32.6 Å². The fourth-order valence-corrected chi connectivity index (χ4v) is 3.93. The molecule has 0 atom stereocenters. The largest absolute Gasteiger partial charge is 0.322 e. The number of amides is 1. The first-order valence-corrected chi connectivity index (χ1v) is 10.3. The second-order valence-electron chi connectivity index (χ2n) is 7.81. The SMILES string of the molecule is CC(=O)c1cccc(NC(=O)c2cnn(-c3ccc(C)cc3)c2C2CCNCC2)c1. The molecule has 1 amide bonds. The number of rotatable bonds is 5. The number of ketones is 1. The van der Waals surface area contributed by atoms with Crippen molar-refractivity contribution in [2.75, 3.05) is 18.4 Å². The lowest BCUT2D eigenvalue weighted by atomic mass is 9.91. The maximum absolute atomic E-state index is 13.2. The van der Waals surface area contributed by atoms with Crippen molar-refractivity contribution < 1.29 is 9.59 Å². The van der Waals surface area contributed by atoms with E-state index in [0.29, 0.717) is 16.8 Å². The van der Waals surface area contributed by atoms with Gasteiger partial charge in [-0.15, -0.1) is 0 Å². The number of anilines is 1. The summed E-state index contributed by atoms with van der Waals surface area (Å²) >= 11 is 0. The zero-order valence-electron chi connectivity index (χ0n) is 17.3. The number of Topliss-reactive ketones (excluding diaryl/α,β-unsaturated/α-hetero) is 1. The van der Waals surface area contributed by atoms with Crippen molar-refractivity contribution in [3.8, 4) is 5.69 Å². The van der Waals surface area contributed by atoms with Gasteiger partial charge in [0.2, 0.25) is 0 Å². The van der Waals surface area contributed by atoms with Gasteiger partial charge in [-0.3, -0.25) is 9.59 Å². The van der Waals surface area contributed by atoms with Crippen LogP contribution in [0.5, 0.6) is 0 Å². The molecular formula is C24H26N4O2. The molecule has 6 heteroatoms. The van der Waals surface area contributed by atoms with Crippen LogP contribution in [0.3, 0.4) is 0 Å². The molecule has 1 aromatic heterocycles. The van der Waals surface area contributed by atoms with Crippen LogP contribution in [0.1, 0.15) is 57.7 Å². The average molecular weight is 402 g/mol. The summed E-state index contributed by atoms with van der Waals surface area (Å²) in [7, 11) is 0. The normalized spacial score (nSPS) is 14.5. The summed E-state index contributed by atoms with van der Waals surface area (Å²) in [6, 6.07) is 15.2. The summed E-state index contributed by atoms with van der Waals surface area (Å²) in [5.74, 6) is 0.00985. The number of carbonyl (C=O) groups excluding carboxylic acids is 2. The molecular weight excluding hydrogens is 376 g/mol. The lowest BCUT2D eigenvalue weighted by molar-refractivity contribution is 0.101. The van der Waals surface area contributed by atoms with Crippen molar-refractivity contribution in [1.29, 1.82) is 0 Å². The highest BCUT2D eigenvalue weighted by molar-refractivity contribution is 6.06. The highest BCUT2D eigenvalue weighted by atomic mass is 16.1. The molecule has 2 aromatic carbocycles. The summed E-state index contributed by atoms with van der Waals surface area (Å²) in [6.07, 6.45) is 3.57. The quantitative estimate of drug-likeness (QED) is 0.630. The molecule has 0 saturated carbocycles. The molecule has 1 aliphatic rings. The number of aryl methyl sites for hydroxylation is 1. The molecule has 1 saturated heterocycles. The first kappa shape index (κ1) is 20.0. The van der Waals surface area contributed by atoms with Crippen molar-refractivity contribution in [3.05, 3.63) is 77.1 Å². The van der Waals surface area contributed by atoms with Gasteiger partial charge in [0.15, 0.2) is 5.78 Å². The third-order valence-electron chi connectivity index (χ3n) is 5.58. The van der Waals surface area contributed by atoms with Gasteiger partial charge in [0.1, 0.15) is 0 Å². The van der Waals surface area contributed by atoms with Gasteiger partial charge in [0, 0.05) is 17.2 Å². The minimum Gasteiger partial charge on any atom is -0.322 e. The molecule has 2 heterocycles. The molecule has 0 bridgehead atoms. The third kappa shape index (κ3) is 4.19. The molecule has 3 aromatic rings. The Balaban J connectivity index is 1.70. The van der Waals surface area contributed by atoms with Gasteiger partial charge in [0.25, 0.3) is 5.91 Å². The van der Waals surface area contributed by atoms with Crippen LogP contribution in [0, 0.1) is 6.92 Å². The van der Waals surface area contributed by atoms with E-state index in [4.69, 9.17) is 0 Å². The minimum atomic E-state index is -0.206. The van der Waals surface area contributed by atoms with E-state index in [0.717, 1.165) is 37.3 Å². The van der Waals surface area contributed by atoms with Crippen LogP contribution in [-0.2, 0) is 0 Å². The van der Waals surface area contributed by atoms with E-state index in [1.165, 1.54) is 12.5 Å². The molecule has 154 valence electrons. The standard InChI is InChI=1S/C24H26N4O2/c1-16-6-8-21(9-7-16)28-23(18-10-12-25-13-11-18)22(15-26-28)24(30)27-20-5-3-4-19(14-20)17(2)29/h3-9,14-15,18,25H,10-13H2,1-2H3,(H,27,30). The van der Waals surface area contributed by atoms with Crippen molar-refractivity contribution >= 4 is 17.4 Å². The number of hydrogen-bond acceptors (Lipinski definition) is 4. The molecule has 2 N–H and O–H groups in total. The zero-order chi connectivity index (χ0) is 21.1. The lowest BCUT2D eigenvalue weighted by Gasteiger charge is -2.24. The Morgan fingerprint density at radius 2 is 1.83 bits per heavy atom. The Labute approximate surface area is 176 Å². The summed E-state index contributed by atoms with van der Waals surface area (Å²) in [5.41, 5.74) is 4.83. The first-order valence-electron chi connectivity index (χ1n) is 10.3. The van der Waals surface area contributed by atoms with E-state index in [1.54, 1.807) is 30.5 Å². The Bertz CT molecular complexity index is 1060. The van der Waals surface area contributed by atoms with E-state index >= 15 is 0 Å². The Morgan fingerprint density at radius 1 is 1.10 bits per heavy atom. The highest BCUT2D eigenvalue weighted by Crippen LogP contribution is 2.31. The van der Waals surface area contributed by atoms with Gasteiger partial charge in [-0.25, -0.2) is 4.68 Å². The molecule has 30 heavy (non-hydrogen) atoms. The second kappa shape index (κ2) is 8.63. The third-order valence-corrected chi connectivity index (χ3v) is 5.58. The van der Waals surface area contributed by atoms with E-state index in [1.807, 2.05) is 16.8 Å². The molecule has 4 rings (SSSR count). The summed E-state index contributed by atoms with van der Waals surface area (Å²) in [4.78, 5) is 24.9. The van der Waals surface area contributed by atoms with Crippen molar-refractivity contribution in [2.24, 2.45) is 0 Å². The monoisotopic (exact) mass is 402 g/mol. The van der Waals surface area contributed by atoms with Gasteiger partial charge in [-0.05, 0) is 64.0 Å².